The number of carbonyl (C=O) groups excluding carboxylic acids is 1. The zero-order chi connectivity index (χ0) is 17.0. The fourth-order valence-electron chi connectivity index (χ4n) is 1.78. The Labute approximate surface area is 136 Å². The first-order valence-electron chi connectivity index (χ1n) is 6.45. The van der Waals surface area contributed by atoms with Gasteiger partial charge in [-0.2, -0.15) is 5.10 Å². The first-order valence-corrected chi connectivity index (χ1v) is 6.83. The molecule has 0 spiro atoms. The van der Waals surface area contributed by atoms with Gasteiger partial charge in [0.15, 0.2) is 0 Å². The molecule has 0 bridgehead atoms. The molecule has 0 aliphatic carbocycles. The number of nitro benzene ring substituents is 1. The van der Waals surface area contributed by atoms with Gasteiger partial charge in [-0.05, 0) is 30.7 Å². The van der Waals surface area contributed by atoms with E-state index in [0.29, 0.717) is 0 Å². The topological polar surface area (TPSA) is 105 Å². The molecule has 0 saturated carbocycles. The smallest absolute Gasteiger partial charge is 0.272 e. The fraction of sp³-hybridized carbons (Fsp3) is 0.0667. The van der Waals surface area contributed by atoms with Gasteiger partial charge in [0, 0.05) is 17.7 Å². The van der Waals surface area contributed by atoms with E-state index in [1.54, 1.807) is 18.2 Å². The van der Waals surface area contributed by atoms with Crippen molar-refractivity contribution in [1.29, 1.82) is 0 Å². The number of halogens is 1. The van der Waals surface area contributed by atoms with E-state index < -0.39 is 10.8 Å². The van der Waals surface area contributed by atoms with Crippen molar-refractivity contribution in [1.82, 2.24) is 5.43 Å². The maximum Gasteiger partial charge on any atom is 0.272 e. The Bertz CT molecular complexity index is 805. The van der Waals surface area contributed by atoms with Crippen LogP contribution in [0, 0.1) is 17.0 Å². The third-order valence-electron chi connectivity index (χ3n) is 2.96. The molecule has 23 heavy (non-hydrogen) atoms. The van der Waals surface area contributed by atoms with E-state index in [0.717, 1.165) is 23.9 Å². The highest BCUT2D eigenvalue weighted by Gasteiger charge is 2.11. The second-order valence-corrected chi connectivity index (χ2v) is 5.09. The van der Waals surface area contributed by atoms with Crippen molar-refractivity contribution in [3.05, 3.63) is 68.2 Å². The predicted molar refractivity (Wildman–Crippen MR) is 86.0 cm³/mol. The summed E-state index contributed by atoms with van der Waals surface area (Å²) in [6.07, 6.45) is 1.11. The van der Waals surface area contributed by atoms with Crippen molar-refractivity contribution in [2.75, 3.05) is 0 Å². The van der Waals surface area contributed by atoms with Gasteiger partial charge in [-0.25, -0.2) is 5.43 Å². The number of non-ortho nitro benzene ring substituents is 1. The van der Waals surface area contributed by atoms with Gasteiger partial charge in [-0.1, -0.05) is 17.7 Å². The number of carbonyl (C=O) groups is 1. The predicted octanol–water partition coefficient (Wildman–Crippen LogP) is 3.03. The highest BCUT2D eigenvalue weighted by molar-refractivity contribution is 6.33. The molecular weight excluding hydrogens is 322 g/mol. The molecular formula is C15H12ClN3O4. The molecule has 0 saturated heterocycles. The van der Waals surface area contributed by atoms with E-state index >= 15 is 0 Å². The minimum absolute atomic E-state index is 0.106. The molecule has 0 unspecified atom stereocenters. The van der Waals surface area contributed by atoms with Crippen molar-refractivity contribution in [3.63, 3.8) is 0 Å². The van der Waals surface area contributed by atoms with Gasteiger partial charge >= 0.3 is 0 Å². The quantitative estimate of drug-likeness (QED) is 0.509. The number of benzene rings is 2. The van der Waals surface area contributed by atoms with Gasteiger partial charge in [0.05, 0.1) is 21.7 Å². The average Bonchev–Trinajstić information content (AvgIpc) is 2.48. The first-order chi connectivity index (χ1) is 10.9. The van der Waals surface area contributed by atoms with Crippen molar-refractivity contribution in [2.45, 2.75) is 6.92 Å². The molecule has 118 valence electrons. The zero-order valence-electron chi connectivity index (χ0n) is 12.0. The summed E-state index contributed by atoms with van der Waals surface area (Å²) in [6.45, 7) is 1.84. The molecule has 0 aliphatic rings. The van der Waals surface area contributed by atoms with Gasteiger partial charge < -0.3 is 5.11 Å². The van der Waals surface area contributed by atoms with Crippen LogP contribution in [0.25, 0.3) is 0 Å². The average molecular weight is 334 g/mol. The Kier molecular flexibility index (Phi) is 4.92. The molecule has 0 fully saturated rings. The Morgan fingerprint density at radius 1 is 1.35 bits per heavy atom. The van der Waals surface area contributed by atoms with E-state index in [1.165, 1.54) is 6.07 Å². The van der Waals surface area contributed by atoms with Crippen LogP contribution in [0.1, 0.15) is 21.5 Å². The van der Waals surface area contributed by atoms with Crippen LogP contribution in [0.4, 0.5) is 5.69 Å². The van der Waals surface area contributed by atoms with E-state index in [9.17, 15) is 20.0 Å². The number of nitrogens with zero attached hydrogens (tertiary/aromatic N) is 2. The van der Waals surface area contributed by atoms with Gasteiger partial charge in [-0.3, -0.25) is 14.9 Å². The molecule has 2 rings (SSSR count). The molecule has 0 atom stereocenters. The van der Waals surface area contributed by atoms with Crippen molar-refractivity contribution >= 4 is 29.4 Å². The first kappa shape index (κ1) is 16.4. The van der Waals surface area contributed by atoms with Crippen LogP contribution in [-0.2, 0) is 0 Å². The number of aromatic hydroxyl groups is 1. The molecule has 8 heteroatoms. The molecule has 7 nitrogen and oxygen atoms in total. The summed E-state index contributed by atoms with van der Waals surface area (Å²) in [7, 11) is 0. The van der Waals surface area contributed by atoms with Crippen LogP contribution >= 0.6 is 11.6 Å². The Hall–Kier alpha value is -2.93. The zero-order valence-corrected chi connectivity index (χ0v) is 12.7. The monoisotopic (exact) mass is 333 g/mol. The number of nitro groups is 1. The molecule has 0 aliphatic heterocycles. The van der Waals surface area contributed by atoms with E-state index in [2.05, 4.69) is 10.5 Å². The third kappa shape index (κ3) is 4.04. The maximum absolute atomic E-state index is 11.9. The van der Waals surface area contributed by atoms with Gasteiger partial charge in [0.2, 0.25) is 0 Å². The van der Waals surface area contributed by atoms with Crippen molar-refractivity contribution in [2.24, 2.45) is 5.10 Å². The lowest BCUT2D eigenvalue weighted by molar-refractivity contribution is -0.384. The summed E-state index contributed by atoms with van der Waals surface area (Å²) < 4.78 is 0. The van der Waals surface area contributed by atoms with Gasteiger partial charge in [-0.15, -0.1) is 0 Å². The highest BCUT2D eigenvalue weighted by Crippen LogP contribution is 2.21. The number of amides is 1. The van der Waals surface area contributed by atoms with Crippen LogP contribution in [-0.4, -0.2) is 22.2 Å². The van der Waals surface area contributed by atoms with Crippen molar-refractivity contribution in [3.8, 4) is 5.75 Å². The minimum Gasteiger partial charge on any atom is -0.507 e. The van der Waals surface area contributed by atoms with Gasteiger partial charge in [0.25, 0.3) is 11.6 Å². The standard InChI is InChI=1S/C15H12ClN3O4/c1-9-2-4-12(13(16)6-9)15(21)18-17-8-10-7-11(19(22)23)3-5-14(10)20/h2-8,20H,1H3,(H,18,21)/b17-8-. The largest absolute Gasteiger partial charge is 0.507 e. The number of hydrogen-bond donors (Lipinski definition) is 2. The molecule has 2 aromatic rings. The van der Waals surface area contributed by atoms with Crippen LogP contribution in [0.5, 0.6) is 5.75 Å². The number of nitrogens with one attached hydrogen (secondary N) is 1. The van der Waals surface area contributed by atoms with Crippen molar-refractivity contribution < 1.29 is 14.8 Å². The van der Waals surface area contributed by atoms with E-state index in [4.69, 9.17) is 11.6 Å². The summed E-state index contributed by atoms with van der Waals surface area (Å²) in [6, 6.07) is 8.43. The molecule has 0 heterocycles. The third-order valence-corrected chi connectivity index (χ3v) is 3.27. The lowest BCUT2D eigenvalue weighted by Crippen LogP contribution is -2.18. The Morgan fingerprint density at radius 2 is 2.09 bits per heavy atom. The number of phenolic OH excluding ortho intramolecular Hbond substituents is 1. The normalized spacial score (nSPS) is 10.7. The molecule has 0 radical (unpaired) electrons. The van der Waals surface area contributed by atoms with Crippen LogP contribution < -0.4 is 5.43 Å². The molecule has 2 aromatic carbocycles. The molecule has 0 aromatic heterocycles. The number of hydrazone groups is 1. The summed E-state index contributed by atoms with van der Waals surface area (Å²) >= 11 is 5.97. The second-order valence-electron chi connectivity index (χ2n) is 4.68. The Balaban J connectivity index is 2.14. The Morgan fingerprint density at radius 3 is 2.74 bits per heavy atom. The van der Waals surface area contributed by atoms with Gasteiger partial charge in [0.1, 0.15) is 5.75 Å². The fourth-order valence-corrected chi connectivity index (χ4v) is 2.10. The lowest BCUT2D eigenvalue weighted by Gasteiger charge is -2.03. The molecule has 1 amide bonds. The van der Waals surface area contributed by atoms with Crippen LogP contribution in [0.3, 0.4) is 0 Å². The molecule has 2 N–H and O–H groups in total. The van der Waals surface area contributed by atoms with E-state index in [1.807, 2.05) is 6.92 Å². The number of phenols is 1. The summed E-state index contributed by atoms with van der Waals surface area (Å²) in [5.41, 5.74) is 3.32. The summed E-state index contributed by atoms with van der Waals surface area (Å²) in [5.74, 6) is -0.724. The summed E-state index contributed by atoms with van der Waals surface area (Å²) in [5, 5.41) is 24.3. The number of rotatable bonds is 4. The minimum atomic E-state index is -0.596. The number of aryl methyl sites for hydroxylation is 1. The maximum atomic E-state index is 11.9. The number of hydrogen-bond acceptors (Lipinski definition) is 5. The second kappa shape index (κ2) is 6.89. The van der Waals surface area contributed by atoms with Crippen LogP contribution in [0.15, 0.2) is 41.5 Å². The van der Waals surface area contributed by atoms with E-state index in [-0.39, 0.29) is 27.6 Å². The highest BCUT2D eigenvalue weighted by atomic mass is 35.5. The van der Waals surface area contributed by atoms with Crippen LogP contribution in [0.2, 0.25) is 5.02 Å². The SMILES string of the molecule is Cc1ccc(C(=O)N/N=C\c2cc([N+](=O)[O-])ccc2O)c(Cl)c1. The summed E-state index contributed by atoms with van der Waals surface area (Å²) in [4.78, 5) is 22.0. The lowest BCUT2D eigenvalue weighted by atomic mass is 10.1.